The molecule has 28 heavy (non-hydrogen) atoms. The number of piperazine rings is 1. The molecule has 0 spiro atoms. The molecule has 1 saturated heterocycles. The van der Waals surface area contributed by atoms with E-state index in [1.165, 1.54) is 10.9 Å². The third-order valence-electron chi connectivity index (χ3n) is 4.99. The summed E-state index contributed by atoms with van der Waals surface area (Å²) in [5.41, 5.74) is -0.0335. The smallest absolute Gasteiger partial charge is 0.350 e. The van der Waals surface area contributed by atoms with Crippen LogP contribution in [0.25, 0.3) is 16.7 Å². The summed E-state index contributed by atoms with van der Waals surface area (Å²) in [7, 11) is 0. The van der Waals surface area contributed by atoms with E-state index in [2.05, 4.69) is 15.3 Å². The number of aromatic nitrogens is 3. The van der Waals surface area contributed by atoms with E-state index in [0.717, 1.165) is 6.20 Å². The van der Waals surface area contributed by atoms with Gasteiger partial charge in [-0.25, -0.2) is 9.97 Å². The summed E-state index contributed by atoms with van der Waals surface area (Å²) in [6.45, 7) is 5.20. The Labute approximate surface area is 165 Å². The summed E-state index contributed by atoms with van der Waals surface area (Å²) in [5.74, 6) is 0.305. The van der Waals surface area contributed by atoms with Crippen LogP contribution in [0.15, 0.2) is 36.8 Å². The summed E-state index contributed by atoms with van der Waals surface area (Å²) in [5, 5.41) is 3.78. The maximum atomic E-state index is 13.9. The second-order valence-electron chi connectivity index (χ2n) is 7.10. The molecule has 1 aliphatic heterocycles. The highest BCUT2D eigenvalue weighted by Gasteiger charge is 2.38. The first-order valence-corrected chi connectivity index (χ1v) is 9.32. The SMILES string of the molecule is C[C@@H]1CN(c2ncnc3c2c(C(F)(F)F)cn3-c2cccc(Cl)c2)[C@@H](C)CN1. The van der Waals surface area contributed by atoms with Gasteiger partial charge in [0.25, 0.3) is 0 Å². The van der Waals surface area contributed by atoms with Crippen LogP contribution in [0.1, 0.15) is 19.4 Å². The number of hydrogen-bond acceptors (Lipinski definition) is 4. The maximum absolute atomic E-state index is 13.9. The highest BCUT2D eigenvalue weighted by molar-refractivity contribution is 6.30. The van der Waals surface area contributed by atoms with E-state index < -0.39 is 11.7 Å². The zero-order valence-corrected chi connectivity index (χ0v) is 16.1. The lowest BCUT2D eigenvalue weighted by atomic mass is 10.1. The molecule has 0 saturated carbocycles. The van der Waals surface area contributed by atoms with Gasteiger partial charge in [0.1, 0.15) is 12.1 Å². The number of nitrogens with one attached hydrogen (secondary N) is 1. The standard InChI is InChI=1S/C19H19ClF3N5/c1-11-8-27(12(2)7-24-11)17-16-15(19(21,22)23)9-28(18(16)26-10-25-17)14-5-3-4-13(20)6-14/h3-6,9-12,24H,7-8H2,1-2H3/t11-,12+/m1/s1. The minimum Gasteiger partial charge on any atom is -0.350 e. The van der Waals surface area contributed by atoms with E-state index in [0.29, 0.717) is 29.6 Å². The number of rotatable bonds is 2. The lowest BCUT2D eigenvalue weighted by molar-refractivity contribution is -0.136. The molecule has 1 fully saturated rings. The van der Waals surface area contributed by atoms with Crippen LogP contribution >= 0.6 is 11.6 Å². The molecule has 2 aromatic heterocycles. The number of benzene rings is 1. The molecule has 0 radical (unpaired) electrons. The molecule has 5 nitrogen and oxygen atoms in total. The van der Waals surface area contributed by atoms with Crippen LogP contribution in [0.2, 0.25) is 5.02 Å². The van der Waals surface area contributed by atoms with E-state index in [9.17, 15) is 13.2 Å². The lowest BCUT2D eigenvalue weighted by Crippen LogP contribution is -2.54. The Balaban J connectivity index is 1.98. The van der Waals surface area contributed by atoms with Gasteiger partial charge < -0.3 is 14.8 Å². The first-order valence-electron chi connectivity index (χ1n) is 8.95. The molecule has 9 heteroatoms. The van der Waals surface area contributed by atoms with Crippen molar-refractivity contribution in [1.29, 1.82) is 0 Å². The number of hydrogen-bond donors (Lipinski definition) is 1. The molecule has 2 atom stereocenters. The Morgan fingerprint density at radius 1 is 1.21 bits per heavy atom. The van der Waals surface area contributed by atoms with Gasteiger partial charge in [0, 0.05) is 42.1 Å². The van der Waals surface area contributed by atoms with Crippen molar-refractivity contribution in [2.75, 3.05) is 18.0 Å². The molecule has 3 heterocycles. The zero-order chi connectivity index (χ0) is 20.1. The van der Waals surface area contributed by atoms with Crippen LogP contribution < -0.4 is 10.2 Å². The van der Waals surface area contributed by atoms with Crippen LogP contribution in [-0.2, 0) is 6.18 Å². The third kappa shape index (κ3) is 3.31. The lowest BCUT2D eigenvalue weighted by Gasteiger charge is -2.38. The molecule has 0 aliphatic carbocycles. The summed E-state index contributed by atoms with van der Waals surface area (Å²) < 4.78 is 43.2. The summed E-state index contributed by atoms with van der Waals surface area (Å²) in [4.78, 5) is 10.4. The average molecular weight is 410 g/mol. The fourth-order valence-electron chi connectivity index (χ4n) is 3.62. The molecule has 4 rings (SSSR count). The molecular formula is C19H19ClF3N5. The molecule has 1 aromatic carbocycles. The minimum absolute atomic E-state index is 0.00454. The molecule has 0 unspecified atom stereocenters. The van der Waals surface area contributed by atoms with E-state index in [1.54, 1.807) is 24.3 Å². The van der Waals surface area contributed by atoms with Crippen molar-refractivity contribution in [3.63, 3.8) is 0 Å². The fraction of sp³-hybridized carbons (Fsp3) is 0.368. The van der Waals surface area contributed by atoms with Crippen LogP contribution in [0, 0.1) is 0 Å². The molecule has 0 amide bonds. The second-order valence-corrected chi connectivity index (χ2v) is 7.53. The first kappa shape index (κ1) is 19.0. The number of anilines is 1. The zero-order valence-electron chi connectivity index (χ0n) is 15.3. The Kier molecular flexibility index (Phi) is 4.71. The van der Waals surface area contributed by atoms with E-state index in [-0.39, 0.29) is 23.1 Å². The number of halogens is 4. The largest absolute Gasteiger partial charge is 0.418 e. The van der Waals surface area contributed by atoms with Crippen LogP contribution in [0.3, 0.4) is 0 Å². The quantitative estimate of drug-likeness (QED) is 0.686. The van der Waals surface area contributed by atoms with Gasteiger partial charge in [-0.3, -0.25) is 0 Å². The van der Waals surface area contributed by atoms with Gasteiger partial charge in [-0.05, 0) is 32.0 Å². The molecule has 1 aliphatic rings. The van der Waals surface area contributed by atoms with Gasteiger partial charge in [0.2, 0.25) is 0 Å². The normalized spacial score (nSPS) is 20.7. The van der Waals surface area contributed by atoms with Crippen molar-refractivity contribution in [2.45, 2.75) is 32.1 Å². The predicted molar refractivity (Wildman–Crippen MR) is 103 cm³/mol. The summed E-state index contributed by atoms with van der Waals surface area (Å²) >= 11 is 6.05. The first-order chi connectivity index (χ1) is 13.3. The maximum Gasteiger partial charge on any atom is 0.418 e. The van der Waals surface area contributed by atoms with Crippen molar-refractivity contribution in [3.8, 4) is 5.69 Å². The van der Waals surface area contributed by atoms with Crippen molar-refractivity contribution in [3.05, 3.63) is 47.4 Å². The van der Waals surface area contributed by atoms with E-state index in [1.807, 2.05) is 18.7 Å². The Morgan fingerprint density at radius 3 is 2.71 bits per heavy atom. The van der Waals surface area contributed by atoms with Crippen molar-refractivity contribution < 1.29 is 13.2 Å². The molecule has 3 aromatic rings. The number of nitrogens with zero attached hydrogens (tertiary/aromatic N) is 4. The Bertz CT molecular complexity index is 1020. The van der Waals surface area contributed by atoms with Gasteiger partial charge in [0.15, 0.2) is 5.65 Å². The van der Waals surface area contributed by atoms with Crippen LogP contribution in [0.4, 0.5) is 19.0 Å². The van der Waals surface area contributed by atoms with Gasteiger partial charge in [-0.15, -0.1) is 0 Å². The molecule has 148 valence electrons. The highest BCUT2D eigenvalue weighted by atomic mass is 35.5. The van der Waals surface area contributed by atoms with Crippen molar-refractivity contribution in [2.24, 2.45) is 0 Å². The van der Waals surface area contributed by atoms with Gasteiger partial charge in [-0.2, -0.15) is 13.2 Å². The van der Waals surface area contributed by atoms with Gasteiger partial charge in [0.05, 0.1) is 10.9 Å². The number of alkyl halides is 3. The number of fused-ring (bicyclic) bond motifs is 1. The predicted octanol–water partition coefficient (Wildman–Crippen LogP) is 4.28. The Morgan fingerprint density at radius 2 is 2.00 bits per heavy atom. The highest BCUT2D eigenvalue weighted by Crippen LogP contribution is 2.40. The van der Waals surface area contributed by atoms with Gasteiger partial charge in [-0.1, -0.05) is 17.7 Å². The minimum atomic E-state index is -4.54. The topological polar surface area (TPSA) is 46.0 Å². The van der Waals surface area contributed by atoms with Crippen LogP contribution in [-0.4, -0.2) is 39.7 Å². The van der Waals surface area contributed by atoms with Crippen molar-refractivity contribution in [1.82, 2.24) is 19.9 Å². The molecular weight excluding hydrogens is 391 g/mol. The van der Waals surface area contributed by atoms with Crippen molar-refractivity contribution >= 4 is 28.5 Å². The summed E-state index contributed by atoms with van der Waals surface area (Å²) in [6.07, 6.45) is -2.15. The molecule has 0 bridgehead atoms. The Hall–Kier alpha value is -2.32. The fourth-order valence-corrected chi connectivity index (χ4v) is 3.80. The van der Waals surface area contributed by atoms with Crippen LogP contribution in [0.5, 0.6) is 0 Å². The second kappa shape index (κ2) is 6.93. The van der Waals surface area contributed by atoms with E-state index >= 15 is 0 Å². The summed E-state index contributed by atoms with van der Waals surface area (Å²) in [6, 6.07) is 6.82. The third-order valence-corrected chi connectivity index (χ3v) is 5.23. The van der Waals surface area contributed by atoms with E-state index in [4.69, 9.17) is 11.6 Å². The average Bonchev–Trinajstić information content (AvgIpc) is 3.04. The van der Waals surface area contributed by atoms with Gasteiger partial charge >= 0.3 is 6.18 Å². The molecule has 1 N–H and O–H groups in total. The monoisotopic (exact) mass is 409 g/mol.